The third-order valence-electron chi connectivity index (χ3n) is 1.66. The van der Waals surface area contributed by atoms with Crippen molar-refractivity contribution in [3.63, 3.8) is 0 Å². The van der Waals surface area contributed by atoms with Crippen LogP contribution in [0.15, 0.2) is 0 Å². The van der Waals surface area contributed by atoms with E-state index in [1.54, 1.807) is 0 Å². The van der Waals surface area contributed by atoms with Crippen LogP contribution in [0.4, 0.5) is 0 Å². The average Bonchev–Trinajstić information content (AvgIpc) is 1.81. The maximum absolute atomic E-state index is 11.1. The Morgan fingerprint density at radius 2 is 2.00 bits per heavy atom. The summed E-state index contributed by atoms with van der Waals surface area (Å²) < 4.78 is 22.3. The smallest absolute Gasteiger partial charge is 0.318 e. The lowest BCUT2D eigenvalue weighted by Crippen LogP contribution is -2.22. The summed E-state index contributed by atoms with van der Waals surface area (Å²) in [6.45, 7) is 3.79. The molecule has 0 fully saturated rings. The minimum absolute atomic E-state index is 0.0207. The lowest BCUT2D eigenvalue weighted by Gasteiger charge is -2.08. The van der Waals surface area contributed by atoms with Gasteiger partial charge in [0.15, 0.2) is 9.84 Å². The molecule has 0 aliphatic carbocycles. The molecule has 0 saturated heterocycles. The third kappa shape index (κ3) is 6.57. The molecule has 0 heterocycles. The van der Waals surface area contributed by atoms with Gasteiger partial charge in [-0.05, 0) is 5.92 Å². The number of carbonyl (C=O) groups is 1. The first-order valence-corrected chi connectivity index (χ1v) is 6.11. The van der Waals surface area contributed by atoms with E-state index in [2.05, 4.69) is 0 Å². The molecule has 5 heteroatoms. The first-order valence-electron chi connectivity index (χ1n) is 4.29. The van der Waals surface area contributed by atoms with Crippen LogP contribution in [0.25, 0.3) is 0 Å². The maximum Gasteiger partial charge on any atom is 0.318 e. The summed E-state index contributed by atoms with van der Waals surface area (Å²) in [7, 11) is -3.40. The van der Waals surface area contributed by atoms with E-state index in [0.29, 0.717) is 0 Å². The Labute approximate surface area is 78.9 Å². The van der Waals surface area contributed by atoms with Crippen LogP contribution in [-0.4, -0.2) is 31.0 Å². The molecular weight excluding hydrogens is 192 g/mol. The number of carboxylic acids is 1. The Morgan fingerprint density at radius 3 is 2.38 bits per heavy atom. The van der Waals surface area contributed by atoms with E-state index in [4.69, 9.17) is 5.11 Å². The Balaban J connectivity index is 4.10. The molecule has 1 unspecified atom stereocenters. The first kappa shape index (κ1) is 12.4. The van der Waals surface area contributed by atoms with Crippen molar-refractivity contribution < 1.29 is 18.3 Å². The highest BCUT2D eigenvalue weighted by atomic mass is 32.2. The Hall–Kier alpha value is -0.580. The van der Waals surface area contributed by atoms with Crippen molar-refractivity contribution >= 4 is 15.8 Å². The molecule has 0 aromatic carbocycles. The van der Waals surface area contributed by atoms with Crippen LogP contribution in [0.3, 0.4) is 0 Å². The lowest BCUT2D eigenvalue weighted by molar-refractivity contribution is -0.134. The summed E-state index contributed by atoms with van der Waals surface area (Å²) in [5.41, 5.74) is 0. The Kier molecular flexibility index (Phi) is 4.98. The summed E-state index contributed by atoms with van der Waals surface area (Å²) >= 11 is 0. The fourth-order valence-electron chi connectivity index (χ4n) is 1.26. The molecule has 78 valence electrons. The monoisotopic (exact) mass is 208 g/mol. The molecule has 1 atom stereocenters. The van der Waals surface area contributed by atoms with Gasteiger partial charge >= 0.3 is 5.97 Å². The molecule has 0 spiro atoms. The van der Waals surface area contributed by atoms with Gasteiger partial charge in [-0.15, -0.1) is 0 Å². The van der Waals surface area contributed by atoms with Crippen LogP contribution < -0.4 is 0 Å². The van der Waals surface area contributed by atoms with Gasteiger partial charge in [0, 0.05) is 0 Å². The van der Waals surface area contributed by atoms with E-state index in [1.807, 2.05) is 13.8 Å². The second-order valence-electron chi connectivity index (χ2n) is 3.34. The second kappa shape index (κ2) is 5.21. The van der Waals surface area contributed by atoms with Crippen molar-refractivity contribution in [2.24, 2.45) is 5.92 Å². The van der Waals surface area contributed by atoms with Gasteiger partial charge in [0.05, 0.1) is 5.75 Å². The first-order chi connectivity index (χ1) is 5.87. The van der Waals surface area contributed by atoms with E-state index < -0.39 is 21.6 Å². The molecule has 0 amide bonds. The largest absolute Gasteiger partial charge is 0.480 e. The number of carboxylic acid groups (broad SMARTS) is 1. The van der Waals surface area contributed by atoms with Crippen LogP contribution in [0, 0.1) is 5.92 Å². The molecule has 0 aliphatic heterocycles. The minimum Gasteiger partial charge on any atom is -0.480 e. The second-order valence-corrected chi connectivity index (χ2v) is 5.45. The SMILES string of the molecule is CCCC(C)CS(=O)(=O)CC(=O)O. The number of aliphatic carboxylic acids is 1. The van der Waals surface area contributed by atoms with Crippen LogP contribution in [0.2, 0.25) is 0 Å². The zero-order chi connectivity index (χ0) is 10.5. The lowest BCUT2D eigenvalue weighted by atomic mass is 10.1. The third-order valence-corrected chi connectivity index (χ3v) is 3.43. The zero-order valence-corrected chi connectivity index (χ0v) is 8.80. The van der Waals surface area contributed by atoms with Gasteiger partial charge in [0.25, 0.3) is 0 Å². The fraction of sp³-hybridized carbons (Fsp3) is 0.875. The Bertz CT molecular complexity index is 255. The summed E-state index contributed by atoms with van der Waals surface area (Å²) in [5, 5.41) is 8.31. The maximum atomic E-state index is 11.1. The van der Waals surface area contributed by atoms with Crippen LogP contribution >= 0.6 is 0 Å². The molecular formula is C8H16O4S. The summed E-state index contributed by atoms with van der Waals surface area (Å²) in [5.74, 6) is -1.99. The Morgan fingerprint density at radius 1 is 1.46 bits per heavy atom. The number of hydrogen-bond acceptors (Lipinski definition) is 3. The van der Waals surface area contributed by atoms with Crippen LogP contribution in [-0.2, 0) is 14.6 Å². The predicted molar refractivity (Wildman–Crippen MR) is 50.4 cm³/mol. The topological polar surface area (TPSA) is 71.4 Å². The van der Waals surface area contributed by atoms with Crippen molar-refractivity contribution in [2.45, 2.75) is 26.7 Å². The van der Waals surface area contributed by atoms with Crippen molar-refractivity contribution in [1.82, 2.24) is 0 Å². The molecule has 4 nitrogen and oxygen atoms in total. The van der Waals surface area contributed by atoms with E-state index in [-0.39, 0.29) is 11.7 Å². The van der Waals surface area contributed by atoms with Gasteiger partial charge < -0.3 is 5.11 Å². The quantitative estimate of drug-likeness (QED) is 0.704. The molecule has 0 rings (SSSR count). The zero-order valence-electron chi connectivity index (χ0n) is 7.99. The van der Waals surface area contributed by atoms with Gasteiger partial charge in [-0.1, -0.05) is 26.7 Å². The molecule has 0 bridgehead atoms. The van der Waals surface area contributed by atoms with E-state index >= 15 is 0 Å². The summed E-state index contributed by atoms with van der Waals surface area (Å²) in [6, 6.07) is 0. The molecule has 0 radical (unpaired) electrons. The van der Waals surface area contributed by atoms with Crippen LogP contribution in [0.5, 0.6) is 0 Å². The van der Waals surface area contributed by atoms with Crippen molar-refractivity contribution in [2.75, 3.05) is 11.5 Å². The highest BCUT2D eigenvalue weighted by Gasteiger charge is 2.18. The van der Waals surface area contributed by atoms with Gasteiger partial charge in [0.1, 0.15) is 5.75 Å². The highest BCUT2D eigenvalue weighted by molar-refractivity contribution is 7.92. The van der Waals surface area contributed by atoms with Gasteiger partial charge in [-0.2, -0.15) is 0 Å². The number of rotatable bonds is 6. The average molecular weight is 208 g/mol. The molecule has 0 aliphatic rings. The van der Waals surface area contributed by atoms with Gasteiger partial charge in [-0.3, -0.25) is 4.79 Å². The van der Waals surface area contributed by atoms with Crippen LogP contribution in [0.1, 0.15) is 26.7 Å². The summed E-state index contributed by atoms with van der Waals surface area (Å²) in [6.07, 6.45) is 1.74. The van der Waals surface area contributed by atoms with Gasteiger partial charge in [0.2, 0.25) is 0 Å². The predicted octanol–water partition coefficient (Wildman–Crippen LogP) is 0.922. The normalized spacial score (nSPS) is 14.0. The van der Waals surface area contributed by atoms with E-state index in [9.17, 15) is 13.2 Å². The number of hydrogen-bond donors (Lipinski definition) is 1. The van der Waals surface area contributed by atoms with E-state index in [1.165, 1.54) is 0 Å². The number of sulfone groups is 1. The van der Waals surface area contributed by atoms with Crippen molar-refractivity contribution in [3.8, 4) is 0 Å². The molecule has 13 heavy (non-hydrogen) atoms. The highest BCUT2D eigenvalue weighted by Crippen LogP contribution is 2.08. The molecule has 1 N–H and O–H groups in total. The minimum atomic E-state index is -3.40. The van der Waals surface area contributed by atoms with E-state index in [0.717, 1.165) is 12.8 Å². The summed E-state index contributed by atoms with van der Waals surface area (Å²) in [4.78, 5) is 10.2. The standard InChI is InChI=1S/C8H16O4S/c1-3-4-7(2)5-13(11,12)6-8(9)10/h7H,3-6H2,1-2H3,(H,9,10). The van der Waals surface area contributed by atoms with Crippen molar-refractivity contribution in [3.05, 3.63) is 0 Å². The molecule has 0 aromatic heterocycles. The molecule has 0 saturated carbocycles. The van der Waals surface area contributed by atoms with Gasteiger partial charge in [-0.25, -0.2) is 8.42 Å². The fourth-order valence-corrected chi connectivity index (χ4v) is 2.78. The molecule has 0 aromatic rings. The van der Waals surface area contributed by atoms with Crippen molar-refractivity contribution in [1.29, 1.82) is 0 Å².